The fourth-order valence-corrected chi connectivity index (χ4v) is 7.46. The van der Waals surface area contributed by atoms with Gasteiger partial charge in [-0.3, -0.25) is 0 Å². The Hall–Kier alpha value is -2.91. The Kier molecular flexibility index (Phi) is 4.83. The summed E-state index contributed by atoms with van der Waals surface area (Å²) < 4.78 is 1.31. The van der Waals surface area contributed by atoms with E-state index in [0.29, 0.717) is 0 Å². The van der Waals surface area contributed by atoms with E-state index >= 15 is 0 Å². The van der Waals surface area contributed by atoms with Crippen LogP contribution in [-0.2, 0) is 17.3 Å². The lowest BCUT2D eigenvalue weighted by Gasteiger charge is -2.29. The van der Waals surface area contributed by atoms with Crippen molar-refractivity contribution in [3.63, 3.8) is 0 Å². The van der Waals surface area contributed by atoms with E-state index in [4.69, 9.17) is 0 Å². The summed E-state index contributed by atoms with van der Waals surface area (Å²) >= 11 is 2.47. The number of benzene rings is 5. The molecule has 0 bridgehead atoms. The van der Waals surface area contributed by atoms with Gasteiger partial charge in [-0.05, 0) is 121 Å². The van der Waals surface area contributed by atoms with Crippen molar-refractivity contribution in [1.82, 2.24) is 0 Å². The van der Waals surface area contributed by atoms with Crippen molar-refractivity contribution in [3.8, 4) is 22.3 Å². The lowest BCUT2D eigenvalue weighted by molar-refractivity contribution is 0.533. The van der Waals surface area contributed by atoms with Gasteiger partial charge in [0.25, 0.3) is 0 Å². The summed E-state index contributed by atoms with van der Waals surface area (Å²) in [5, 5.41) is 2.66. The van der Waals surface area contributed by atoms with Crippen LogP contribution in [0, 0.1) is 3.57 Å². The van der Waals surface area contributed by atoms with Crippen molar-refractivity contribution >= 4 is 33.4 Å². The summed E-state index contributed by atoms with van der Waals surface area (Å²) in [5.74, 6) is 0. The molecule has 7 rings (SSSR count). The molecule has 1 heteroatoms. The highest BCUT2D eigenvalue weighted by Crippen LogP contribution is 2.54. The third-order valence-electron chi connectivity index (χ3n) is 8.93. The number of fused-ring (bicyclic) bond motifs is 7. The van der Waals surface area contributed by atoms with Gasteiger partial charge in [0.15, 0.2) is 0 Å². The van der Waals surface area contributed by atoms with Crippen LogP contribution in [0.5, 0.6) is 0 Å². The second kappa shape index (κ2) is 7.79. The van der Waals surface area contributed by atoms with Gasteiger partial charge >= 0.3 is 0 Å². The van der Waals surface area contributed by atoms with E-state index in [1.807, 2.05) is 0 Å². The largest absolute Gasteiger partial charge is 0.0619 e. The van der Waals surface area contributed by atoms with Gasteiger partial charge in [-0.2, -0.15) is 0 Å². The number of hydrogen-bond acceptors (Lipinski definition) is 0. The van der Waals surface area contributed by atoms with Crippen LogP contribution in [0.25, 0.3) is 33.0 Å². The first-order valence-corrected chi connectivity index (χ1v) is 14.0. The van der Waals surface area contributed by atoms with Gasteiger partial charge in [0.05, 0.1) is 0 Å². The van der Waals surface area contributed by atoms with Crippen molar-refractivity contribution in [3.05, 3.63) is 128 Å². The molecule has 0 aromatic heterocycles. The monoisotopic (exact) mass is 576 g/mol. The van der Waals surface area contributed by atoms with Crippen LogP contribution in [0.2, 0.25) is 0 Å². The van der Waals surface area contributed by atoms with E-state index in [0.717, 1.165) is 12.8 Å². The van der Waals surface area contributed by atoms with Gasteiger partial charge in [0.1, 0.15) is 0 Å². The number of hydrogen-bond donors (Lipinski definition) is 0. The summed E-state index contributed by atoms with van der Waals surface area (Å²) in [6.07, 6.45) is 2.14. The zero-order valence-electron chi connectivity index (χ0n) is 21.0. The summed E-state index contributed by atoms with van der Waals surface area (Å²) in [6, 6.07) is 36.7. The van der Waals surface area contributed by atoms with Crippen molar-refractivity contribution in [2.24, 2.45) is 0 Å². The van der Waals surface area contributed by atoms with Gasteiger partial charge in [-0.1, -0.05) is 93.6 Å². The third-order valence-corrected chi connectivity index (χ3v) is 9.61. The van der Waals surface area contributed by atoms with Crippen LogP contribution in [0.1, 0.15) is 55.0 Å². The molecule has 2 aliphatic carbocycles. The Bertz CT molecular complexity index is 1690. The van der Waals surface area contributed by atoms with Gasteiger partial charge < -0.3 is 0 Å². The molecule has 0 radical (unpaired) electrons. The van der Waals surface area contributed by atoms with Crippen molar-refractivity contribution in [1.29, 1.82) is 0 Å². The molecule has 5 aromatic rings. The molecule has 0 saturated carbocycles. The van der Waals surface area contributed by atoms with Crippen LogP contribution < -0.4 is 0 Å². The maximum absolute atomic E-state index is 2.48. The normalized spacial score (nSPS) is 18.6. The fraction of sp³-hybridized carbons (Fsp3) is 0.200. The Morgan fingerprint density at radius 3 is 2.11 bits per heavy atom. The summed E-state index contributed by atoms with van der Waals surface area (Å²) in [4.78, 5) is 0. The minimum absolute atomic E-state index is 0.0216. The molecule has 5 aromatic carbocycles. The highest BCUT2D eigenvalue weighted by Gasteiger charge is 2.41. The topological polar surface area (TPSA) is 0 Å². The molecule has 0 spiro atoms. The predicted molar refractivity (Wildman–Crippen MR) is 161 cm³/mol. The molecule has 0 N–H and O–H groups in total. The lowest BCUT2D eigenvalue weighted by atomic mass is 9.74. The molecule has 176 valence electrons. The maximum Gasteiger partial charge on any atom is 0.0190 e. The van der Waals surface area contributed by atoms with Crippen LogP contribution in [-0.4, -0.2) is 0 Å². The average molecular weight is 577 g/mol. The number of halogens is 1. The molecular formula is C35H29I. The summed E-state index contributed by atoms with van der Waals surface area (Å²) in [5.41, 5.74) is 13.1. The van der Waals surface area contributed by atoms with E-state index in [9.17, 15) is 0 Å². The average Bonchev–Trinajstić information content (AvgIpc) is 3.27. The molecule has 36 heavy (non-hydrogen) atoms. The zero-order chi connectivity index (χ0) is 24.7. The maximum atomic E-state index is 2.48. The van der Waals surface area contributed by atoms with E-state index in [-0.39, 0.29) is 10.8 Å². The van der Waals surface area contributed by atoms with Crippen LogP contribution in [0.15, 0.2) is 97.1 Å². The lowest BCUT2D eigenvalue weighted by Crippen LogP contribution is -2.22. The second-order valence-electron chi connectivity index (χ2n) is 11.3. The highest BCUT2D eigenvalue weighted by molar-refractivity contribution is 14.1. The molecule has 0 fully saturated rings. The SMILES string of the molecule is CC1(C)c2ccccc2-c2c(CCC3(C)c4cc(I)ccc4-c4cc5ccccc5cc43)cccc21. The molecule has 0 aliphatic heterocycles. The molecule has 1 unspecified atom stereocenters. The molecule has 2 aliphatic rings. The van der Waals surface area contributed by atoms with Gasteiger partial charge in [0, 0.05) is 14.4 Å². The molecule has 0 amide bonds. The Morgan fingerprint density at radius 1 is 0.583 bits per heavy atom. The highest BCUT2D eigenvalue weighted by atomic mass is 127. The smallest absolute Gasteiger partial charge is 0.0190 e. The zero-order valence-corrected chi connectivity index (χ0v) is 23.2. The van der Waals surface area contributed by atoms with Gasteiger partial charge in [0.2, 0.25) is 0 Å². The first-order valence-electron chi connectivity index (χ1n) is 12.9. The first kappa shape index (κ1) is 22.3. The Morgan fingerprint density at radius 2 is 1.28 bits per heavy atom. The molecule has 0 saturated heterocycles. The Labute approximate surface area is 227 Å². The van der Waals surface area contributed by atoms with Gasteiger partial charge in [-0.15, -0.1) is 0 Å². The van der Waals surface area contributed by atoms with E-state index < -0.39 is 0 Å². The minimum atomic E-state index is -0.0216. The third kappa shape index (κ3) is 3.05. The first-order chi connectivity index (χ1) is 17.4. The van der Waals surface area contributed by atoms with Gasteiger partial charge in [-0.25, -0.2) is 0 Å². The number of aryl methyl sites for hydroxylation is 1. The standard InChI is InChI=1S/C35H29I/c1-34(2)29-13-7-6-12-27(29)33-22(11-8-14-30(33)34)17-18-35(3)31-20-24-10-5-4-9-23(24)19-28(31)26-16-15-25(36)21-32(26)35/h4-16,19-21H,17-18H2,1-3H3. The quantitative estimate of drug-likeness (QED) is 0.188. The van der Waals surface area contributed by atoms with Crippen LogP contribution in [0.4, 0.5) is 0 Å². The molecule has 0 heterocycles. The van der Waals surface area contributed by atoms with Crippen LogP contribution >= 0.6 is 22.6 Å². The summed E-state index contributed by atoms with van der Waals surface area (Å²) in [6.45, 7) is 7.22. The molecular weight excluding hydrogens is 547 g/mol. The second-order valence-corrected chi connectivity index (χ2v) is 12.5. The number of rotatable bonds is 3. The molecule has 1 atom stereocenters. The van der Waals surface area contributed by atoms with Crippen molar-refractivity contribution in [2.75, 3.05) is 0 Å². The van der Waals surface area contributed by atoms with Crippen LogP contribution in [0.3, 0.4) is 0 Å². The van der Waals surface area contributed by atoms with Crippen molar-refractivity contribution < 1.29 is 0 Å². The van der Waals surface area contributed by atoms with E-state index in [1.165, 1.54) is 64.4 Å². The van der Waals surface area contributed by atoms with Crippen molar-refractivity contribution in [2.45, 2.75) is 44.4 Å². The van der Waals surface area contributed by atoms with E-state index in [1.54, 1.807) is 0 Å². The minimum Gasteiger partial charge on any atom is -0.0619 e. The fourth-order valence-electron chi connectivity index (χ4n) is 6.97. The Balaban J connectivity index is 1.37. The predicted octanol–water partition coefficient (Wildman–Crippen LogP) is 9.67. The van der Waals surface area contributed by atoms with E-state index in [2.05, 4.69) is 140 Å². The summed E-state index contributed by atoms with van der Waals surface area (Å²) in [7, 11) is 0. The molecule has 0 nitrogen and oxygen atoms in total.